The molecule has 0 radical (unpaired) electrons. The molecule has 1 N–H and O–H groups in total. The molecule has 0 spiro atoms. The minimum Gasteiger partial charge on any atom is -0.481 e. The second-order valence-electron chi connectivity index (χ2n) is 4.80. The van der Waals surface area contributed by atoms with Gasteiger partial charge in [-0.15, -0.1) is 11.3 Å². The highest BCUT2D eigenvalue weighted by molar-refractivity contribution is 7.12. The van der Waals surface area contributed by atoms with Crippen LogP contribution in [0.4, 0.5) is 0 Å². The summed E-state index contributed by atoms with van der Waals surface area (Å²) >= 11 is 1.81. The van der Waals surface area contributed by atoms with E-state index >= 15 is 0 Å². The van der Waals surface area contributed by atoms with Crippen molar-refractivity contribution in [2.24, 2.45) is 5.92 Å². The number of carbonyl (C=O) groups is 1. The molecule has 2 rings (SSSR count). The molecule has 0 saturated carbocycles. The number of nitrogens with zero attached hydrogens (tertiary/aromatic N) is 1. The standard InChI is InChI=1S/C13H19NO2S/c1-9-5-6-12(17-9)10(2)14-7-3-4-11(8-14)13(15)16/h5-6,10-11H,3-4,7-8H2,1-2H3,(H,15,16). The molecule has 1 fully saturated rings. The van der Waals surface area contributed by atoms with Crippen LogP contribution in [0.1, 0.15) is 35.6 Å². The quantitative estimate of drug-likeness (QED) is 0.900. The lowest BCUT2D eigenvalue weighted by Crippen LogP contribution is -2.39. The van der Waals surface area contributed by atoms with Gasteiger partial charge in [0.1, 0.15) is 0 Å². The monoisotopic (exact) mass is 253 g/mol. The summed E-state index contributed by atoms with van der Waals surface area (Å²) in [5.41, 5.74) is 0. The second-order valence-corrected chi connectivity index (χ2v) is 6.12. The summed E-state index contributed by atoms with van der Waals surface area (Å²) < 4.78 is 0. The summed E-state index contributed by atoms with van der Waals surface area (Å²) in [6.45, 7) is 5.99. The van der Waals surface area contributed by atoms with E-state index in [1.807, 2.05) is 11.3 Å². The lowest BCUT2D eigenvalue weighted by molar-refractivity contribution is -0.143. The Morgan fingerprint density at radius 3 is 2.94 bits per heavy atom. The fourth-order valence-electron chi connectivity index (χ4n) is 2.42. The number of aliphatic carboxylic acids is 1. The molecule has 2 unspecified atom stereocenters. The van der Waals surface area contributed by atoms with E-state index in [-0.39, 0.29) is 5.92 Å². The van der Waals surface area contributed by atoms with Crippen molar-refractivity contribution in [2.45, 2.75) is 32.7 Å². The number of rotatable bonds is 3. The van der Waals surface area contributed by atoms with Crippen LogP contribution in [0.2, 0.25) is 0 Å². The van der Waals surface area contributed by atoms with E-state index in [2.05, 4.69) is 30.9 Å². The fourth-order valence-corrected chi connectivity index (χ4v) is 3.38. The number of hydrogen-bond acceptors (Lipinski definition) is 3. The molecular formula is C13H19NO2S. The maximum atomic E-state index is 11.0. The molecule has 1 aromatic heterocycles. The van der Waals surface area contributed by atoms with Crippen molar-refractivity contribution in [2.75, 3.05) is 13.1 Å². The minimum absolute atomic E-state index is 0.188. The highest BCUT2D eigenvalue weighted by Crippen LogP contribution is 2.30. The summed E-state index contributed by atoms with van der Waals surface area (Å²) in [6.07, 6.45) is 1.81. The molecule has 3 nitrogen and oxygen atoms in total. The van der Waals surface area contributed by atoms with Crippen LogP contribution in [-0.2, 0) is 4.79 Å². The second kappa shape index (κ2) is 5.19. The van der Waals surface area contributed by atoms with Crippen LogP contribution < -0.4 is 0 Å². The molecule has 0 bridgehead atoms. The van der Waals surface area contributed by atoms with Crippen molar-refractivity contribution in [1.82, 2.24) is 4.90 Å². The first-order valence-corrected chi connectivity index (χ1v) is 6.93. The van der Waals surface area contributed by atoms with Crippen LogP contribution in [0.15, 0.2) is 12.1 Å². The van der Waals surface area contributed by atoms with Gasteiger partial charge < -0.3 is 5.11 Å². The topological polar surface area (TPSA) is 40.5 Å². The number of aryl methyl sites for hydroxylation is 1. The van der Waals surface area contributed by atoms with Gasteiger partial charge in [-0.25, -0.2) is 0 Å². The van der Waals surface area contributed by atoms with E-state index in [4.69, 9.17) is 5.11 Å². The largest absolute Gasteiger partial charge is 0.481 e. The number of piperidine rings is 1. The third-order valence-electron chi connectivity index (χ3n) is 3.52. The normalized spacial score (nSPS) is 23.5. The van der Waals surface area contributed by atoms with Gasteiger partial charge in [0.05, 0.1) is 5.92 Å². The zero-order chi connectivity index (χ0) is 12.4. The van der Waals surface area contributed by atoms with E-state index in [1.54, 1.807) is 0 Å². The Kier molecular flexibility index (Phi) is 3.84. The van der Waals surface area contributed by atoms with Crippen LogP contribution in [-0.4, -0.2) is 29.1 Å². The van der Waals surface area contributed by atoms with Gasteiger partial charge in [0, 0.05) is 22.3 Å². The van der Waals surface area contributed by atoms with Crippen LogP contribution in [0, 0.1) is 12.8 Å². The smallest absolute Gasteiger partial charge is 0.307 e. The fraction of sp³-hybridized carbons (Fsp3) is 0.615. The molecule has 1 aliphatic rings. The van der Waals surface area contributed by atoms with Gasteiger partial charge in [-0.3, -0.25) is 9.69 Å². The van der Waals surface area contributed by atoms with Crippen molar-refractivity contribution < 1.29 is 9.90 Å². The Morgan fingerprint density at radius 2 is 2.35 bits per heavy atom. The van der Waals surface area contributed by atoms with Gasteiger partial charge >= 0.3 is 5.97 Å². The Hall–Kier alpha value is -0.870. The van der Waals surface area contributed by atoms with Crippen LogP contribution in [0.5, 0.6) is 0 Å². The van der Waals surface area contributed by atoms with Crippen molar-refractivity contribution in [3.63, 3.8) is 0 Å². The number of thiophene rings is 1. The molecule has 0 aliphatic carbocycles. The molecule has 0 amide bonds. The number of carboxylic acid groups (broad SMARTS) is 1. The summed E-state index contributed by atoms with van der Waals surface area (Å²) in [4.78, 5) is 16.0. The van der Waals surface area contributed by atoms with Gasteiger partial charge in [-0.2, -0.15) is 0 Å². The Bertz CT molecular complexity index is 402. The first-order valence-electron chi connectivity index (χ1n) is 6.11. The molecule has 1 aromatic rings. The molecule has 2 heterocycles. The summed E-state index contributed by atoms with van der Waals surface area (Å²) in [5.74, 6) is -0.837. The van der Waals surface area contributed by atoms with E-state index in [0.29, 0.717) is 12.6 Å². The van der Waals surface area contributed by atoms with Crippen molar-refractivity contribution >= 4 is 17.3 Å². The van der Waals surface area contributed by atoms with Crippen LogP contribution in [0.25, 0.3) is 0 Å². The molecule has 4 heteroatoms. The van der Waals surface area contributed by atoms with Gasteiger partial charge in [0.2, 0.25) is 0 Å². The zero-order valence-electron chi connectivity index (χ0n) is 10.3. The van der Waals surface area contributed by atoms with Crippen LogP contribution >= 0.6 is 11.3 Å². The number of hydrogen-bond donors (Lipinski definition) is 1. The van der Waals surface area contributed by atoms with Crippen molar-refractivity contribution in [1.29, 1.82) is 0 Å². The minimum atomic E-state index is -0.649. The predicted octanol–water partition coefficient (Wildman–Crippen LogP) is 2.91. The highest BCUT2D eigenvalue weighted by Gasteiger charge is 2.28. The Balaban J connectivity index is 2.04. The molecule has 1 aliphatic heterocycles. The maximum Gasteiger partial charge on any atom is 0.307 e. The molecule has 2 atom stereocenters. The average Bonchev–Trinajstić information content (AvgIpc) is 2.75. The molecule has 0 aromatic carbocycles. The zero-order valence-corrected chi connectivity index (χ0v) is 11.2. The summed E-state index contributed by atoms with van der Waals surface area (Å²) in [5, 5.41) is 9.09. The van der Waals surface area contributed by atoms with Gasteiger partial charge in [0.15, 0.2) is 0 Å². The molecule has 94 valence electrons. The van der Waals surface area contributed by atoms with E-state index in [9.17, 15) is 4.79 Å². The number of likely N-dealkylation sites (tertiary alicyclic amines) is 1. The van der Waals surface area contributed by atoms with Crippen LogP contribution in [0.3, 0.4) is 0 Å². The highest BCUT2D eigenvalue weighted by atomic mass is 32.1. The van der Waals surface area contributed by atoms with E-state index < -0.39 is 5.97 Å². The third kappa shape index (κ3) is 2.87. The van der Waals surface area contributed by atoms with Crippen molar-refractivity contribution in [3.8, 4) is 0 Å². The average molecular weight is 253 g/mol. The Morgan fingerprint density at radius 1 is 1.59 bits per heavy atom. The van der Waals surface area contributed by atoms with E-state index in [0.717, 1.165) is 19.4 Å². The maximum absolute atomic E-state index is 11.0. The SMILES string of the molecule is Cc1ccc(C(C)N2CCCC(C(=O)O)C2)s1. The lowest BCUT2D eigenvalue weighted by atomic mass is 9.97. The molecular weight excluding hydrogens is 234 g/mol. The lowest BCUT2D eigenvalue weighted by Gasteiger charge is -2.34. The summed E-state index contributed by atoms with van der Waals surface area (Å²) in [6, 6.07) is 4.64. The summed E-state index contributed by atoms with van der Waals surface area (Å²) in [7, 11) is 0. The molecule has 1 saturated heterocycles. The number of carboxylic acids is 1. The van der Waals surface area contributed by atoms with Gasteiger partial charge in [-0.1, -0.05) is 0 Å². The first kappa shape index (κ1) is 12.6. The third-order valence-corrected chi connectivity index (χ3v) is 4.69. The predicted molar refractivity (Wildman–Crippen MR) is 69.4 cm³/mol. The Labute approximate surface area is 106 Å². The molecule has 17 heavy (non-hydrogen) atoms. The van der Waals surface area contributed by atoms with Gasteiger partial charge in [0.25, 0.3) is 0 Å². The first-order chi connectivity index (χ1) is 8.08. The van der Waals surface area contributed by atoms with E-state index in [1.165, 1.54) is 9.75 Å². The van der Waals surface area contributed by atoms with Gasteiger partial charge in [-0.05, 0) is 45.4 Å². The van der Waals surface area contributed by atoms with Crippen molar-refractivity contribution in [3.05, 3.63) is 21.9 Å².